The van der Waals surface area contributed by atoms with Gasteiger partial charge in [0.2, 0.25) is 0 Å². The van der Waals surface area contributed by atoms with Crippen LogP contribution in [0.1, 0.15) is 49.5 Å². The molecule has 0 aromatic carbocycles. The van der Waals surface area contributed by atoms with Gasteiger partial charge in [0.15, 0.2) is 5.78 Å². The smallest absolute Gasteiger partial charge is 0.188 e. The molecule has 1 aromatic rings. The Morgan fingerprint density at radius 2 is 2.00 bits per heavy atom. The molecule has 0 saturated heterocycles. The van der Waals surface area contributed by atoms with E-state index in [0.717, 1.165) is 25.7 Å². The molecule has 3 nitrogen and oxygen atoms in total. The van der Waals surface area contributed by atoms with E-state index in [1.165, 1.54) is 6.42 Å². The number of hydrogen-bond acceptors (Lipinski definition) is 3. The molecule has 0 N–H and O–H groups in total. The first-order valence-corrected chi connectivity index (χ1v) is 5.53. The highest BCUT2D eigenvalue weighted by Gasteiger charge is 2.35. The molecule has 1 saturated carbocycles. The number of hydrogen-bond donors (Lipinski definition) is 0. The third kappa shape index (κ3) is 2.06. The topological polar surface area (TPSA) is 42.9 Å². The molecule has 2 rings (SSSR count). The summed E-state index contributed by atoms with van der Waals surface area (Å²) in [7, 11) is 0. The fourth-order valence-electron chi connectivity index (χ4n) is 2.28. The van der Waals surface area contributed by atoms with Crippen LogP contribution in [-0.4, -0.2) is 15.8 Å². The largest absolute Gasteiger partial charge is 0.292 e. The lowest BCUT2D eigenvalue weighted by Crippen LogP contribution is -2.30. The Morgan fingerprint density at radius 1 is 1.27 bits per heavy atom. The van der Waals surface area contributed by atoms with Crippen LogP contribution in [0, 0.1) is 5.41 Å². The number of Topliss-reactive ketones (excluding diaryl/α,β-unsaturated/α-hetero) is 1. The molecule has 0 bridgehead atoms. The Balaban J connectivity index is 2.20. The van der Waals surface area contributed by atoms with Crippen LogP contribution in [0.3, 0.4) is 0 Å². The summed E-state index contributed by atoms with van der Waals surface area (Å²) in [5, 5.41) is 0. The maximum absolute atomic E-state index is 12.2. The molecule has 0 amide bonds. The Hall–Kier alpha value is -1.25. The second kappa shape index (κ2) is 4.09. The van der Waals surface area contributed by atoms with Crippen molar-refractivity contribution in [2.45, 2.75) is 39.0 Å². The van der Waals surface area contributed by atoms with Gasteiger partial charge in [0.05, 0.1) is 6.20 Å². The summed E-state index contributed by atoms with van der Waals surface area (Å²) in [5.41, 5.74) is 0.316. The van der Waals surface area contributed by atoms with E-state index in [0.29, 0.717) is 5.69 Å². The molecule has 1 aromatic heterocycles. The first kappa shape index (κ1) is 10.3. The fraction of sp³-hybridized carbons (Fsp3) is 0.583. The molecule has 0 aliphatic heterocycles. The van der Waals surface area contributed by atoms with E-state index in [1.807, 2.05) is 0 Å². The third-order valence-corrected chi connectivity index (χ3v) is 3.30. The first-order valence-electron chi connectivity index (χ1n) is 5.53. The van der Waals surface area contributed by atoms with Gasteiger partial charge < -0.3 is 0 Å². The van der Waals surface area contributed by atoms with Crippen molar-refractivity contribution in [1.82, 2.24) is 9.97 Å². The van der Waals surface area contributed by atoms with Crippen LogP contribution in [0.15, 0.2) is 18.6 Å². The molecule has 1 heterocycles. The van der Waals surface area contributed by atoms with E-state index in [-0.39, 0.29) is 11.2 Å². The standard InChI is InChI=1S/C12H16N2O/c1-12(5-3-2-4-6-12)11(15)10-9-13-7-8-14-10/h7-9H,2-6H2,1H3. The van der Waals surface area contributed by atoms with Crippen LogP contribution in [0.5, 0.6) is 0 Å². The van der Waals surface area contributed by atoms with Crippen LogP contribution >= 0.6 is 0 Å². The minimum absolute atomic E-state index is 0.162. The highest BCUT2D eigenvalue weighted by atomic mass is 16.1. The zero-order valence-electron chi connectivity index (χ0n) is 9.07. The second-order valence-corrected chi connectivity index (χ2v) is 4.54. The van der Waals surface area contributed by atoms with E-state index >= 15 is 0 Å². The molecular weight excluding hydrogens is 188 g/mol. The SMILES string of the molecule is CC1(C(=O)c2cnccn2)CCCCC1. The average molecular weight is 204 g/mol. The van der Waals surface area contributed by atoms with Gasteiger partial charge >= 0.3 is 0 Å². The highest BCUT2D eigenvalue weighted by Crippen LogP contribution is 2.37. The summed E-state index contributed by atoms with van der Waals surface area (Å²) in [5.74, 6) is 0.162. The zero-order chi connectivity index (χ0) is 10.7. The van der Waals surface area contributed by atoms with E-state index < -0.39 is 0 Å². The summed E-state index contributed by atoms with van der Waals surface area (Å²) in [4.78, 5) is 20.3. The quantitative estimate of drug-likeness (QED) is 0.695. The number of rotatable bonds is 2. The van der Waals surface area contributed by atoms with Crippen molar-refractivity contribution in [3.8, 4) is 0 Å². The van der Waals surface area contributed by atoms with Crippen LogP contribution in [0.4, 0.5) is 0 Å². The number of ketones is 1. The molecule has 0 atom stereocenters. The monoisotopic (exact) mass is 204 g/mol. The van der Waals surface area contributed by atoms with Crippen molar-refractivity contribution in [3.63, 3.8) is 0 Å². The van der Waals surface area contributed by atoms with E-state index in [4.69, 9.17) is 0 Å². The molecular formula is C12H16N2O. The Morgan fingerprint density at radius 3 is 2.60 bits per heavy atom. The maximum Gasteiger partial charge on any atom is 0.188 e. The van der Waals surface area contributed by atoms with Crippen molar-refractivity contribution < 1.29 is 4.79 Å². The van der Waals surface area contributed by atoms with Crippen LogP contribution in [0.25, 0.3) is 0 Å². The van der Waals surface area contributed by atoms with Crippen molar-refractivity contribution in [2.24, 2.45) is 5.41 Å². The summed E-state index contributed by atoms with van der Waals surface area (Å²) in [6.45, 7) is 2.06. The van der Waals surface area contributed by atoms with Crippen molar-refractivity contribution >= 4 is 5.78 Å². The van der Waals surface area contributed by atoms with Gasteiger partial charge in [-0.3, -0.25) is 9.78 Å². The minimum Gasteiger partial charge on any atom is -0.292 e. The normalized spacial score (nSPS) is 19.8. The predicted octanol–water partition coefficient (Wildman–Crippen LogP) is 2.63. The molecule has 3 heteroatoms. The third-order valence-electron chi connectivity index (χ3n) is 3.30. The number of nitrogens with zero attached hydrogens (tertiary/aromatic N) is 2. The summed E-state index contributed by atoms with van der Waals surface area (Å²) >= 11 is 0. The molecule has 80 valence electrons. The maximum atomic E-state index is 12.2. The van der Waals surface area contributed by atoms with Gasteiger partial charge in [-0.25, -0.2) is 4.98 Å². The van der Waals surface area contributed by atoms with Gasteiger partial charge in [-0.2, -0.15) is 0 Å². The van der Waals surface area contributed by atoms with Gasteiger partial charge in [0, 0.05) is 17.8 Å². The lowest BCUT2D eigenvalue weighted by molar-refractivity contribution is 0.0743. The summed E-state index contributed by atoms with van der Waals surface area (Å²) in [6.07, 6.45) is 10.3. The van der Waals surface area contributed by atoms with Gasteiger partial charge in [0.1, 0.15) is 5.69 Å². The van der Waals surface area contributed by atoms with Crippen LogP contribution in [-0.2, 0) is 0 Å². The Kier molecular flexibility index (Phi) is 2.80. The molecule has 1 aliphatic rings. The van der Waals surface area contributed by atoms with E-state index in [2.05, 4.69) is 16.9 Å². The van der Waals surface area contributed by atoms with Gasteiger partial charge in [-0.15, -0.1) is 0 Å². The first-order chi connectivity index (χ1) is 7.22. The Labute approximate surface area is 89.9 Å². The molecule has 0 radical (unpaired) electrons. The molecule has 1 fully saturated rings. The lowest BCUT2D eigenvalue weighted by atomic mass is 9.72. The molecule has 0 unspecified atom stereocenters. The van der Waals surface area contributed by atoms with Crippen LogP contribution in [0.2, 0.25) is 0 Å². The summed E-state index contributed by atoms with van der Waals surface area (Å²) < 4.78 is 0. The fourth-order valence-corrected chi connectivity index (χ4v) is 2.28. The number of aromatic nitrogens is 2. The Bertz CT molecular complexity index is 342. The van der Waals surface area contributed by atoms with Gasteiger partial charge in [0.25, 0.3) is 0 Å². The molecule has 0 spiro atoms. The molecule has 1 aliphatic carbocycles. The number of carbonyl (C=O) groups excluding carboxylic acids is 1. The minimum atomic E-state index is -0.200. The highest BCUT2D eigenvalue weighted by molar-refractivity contribution is 5.98. The van der Waals surface area contributed by atoms with Gasteiger partial charge in [-0.1, -0.05) is 26.2 Å². The zero-order valence-corrected chi connectivity index (χ0v) is 9.07. The number of carbonyl (C=O) groups is 1. The van der Waals surface area contributed by atoms with Gasteiger partial charge in [-0.05, 0) is 12.8 Å². The summed E-state index contributed by atoms with van der Waals surface area (Å²) in [6, 6.07) is 0. The lowest BCUT2D eigenvalue weighted by Gasteiger charge is -2.31. The predicted molar refractivity (Wildman–Crippen MR) is 57.6 cm³/mol. The van der Waals surface area contributed by atoms with Crippen molar-refractivity contribution in [3.05, 3.63) is 24.3 Å². The van der Waals surface area contributed by atoms with E-state index in [1.54, 1.807) is 18.6 Å². The molecule has 15 heavy (non-hydrogen) atoms. The van der Waals surface area contributed by atoms with Crippen LogP contribution < -0.4 is 0 Å². The average Bonchev–Trinajstić information content (AvgIpc) is 2.30. The van der Waals surface area contributed by atoms with E-state index in [9.17, 15) is 4.79 Å². The second-order valence-electron chi connectivity index (χ2n) is 4.54. The van der Waals surface area contributed by atoms with Crippen molar-refractivity contribution in [1.29, 1.82) is 0 Å². The van der Waals surface area contributed by atoms with Crippen molar-refractivity contribution in [2.75, 3.05) is 0 Å².